The highest BCUT2D eigenvalue weighted by Crippen LogP contribution is 2.27. The molecule has 1 saturated heterocycles. The van der Waals surface area contributed by atoms with Crippen LogP contribution in [0.3, 0.4) is 0 Å². The number of nitrogens with one attached hydrogen (secondary N) is 1. The summed E-state index contributed by atoms with van der Waals surface area (Å²) < 4.78 is 15.3. The van der Waals surface area contributed by atoms with Gasteiger partial charge >= 0.3 is 0 Å². The molecule has 32 heavy (non-hydrogen) atoms. The van der Waals surface area contributed by atoms with Crippen molar-refractivity contribution in [3.05, 3.63) is 88.0 Å². The van der Waals surface area contributed by atoms with Crippen molar-refractivity contribution in [2.24, 2.45) is 0 Å². The molecule has 5 nitrogen and oxygen atoms in total. The van der Waals surface area contributed by atoms with E-state index < -0.39 is 11.8 Å². The second kappa shape index (κ2) is 8.16. The number of aromatic nitrogens is 1. The maximum atomic E-state index is 13.3. The van der Waals surface area contributed by atoms with Crippen molar-refractivity contribution < 1.29 is 14.0 Å². The number of carbonyl (C=O) groups is 2. The van der Waals surface area contributed by atoms with Crippen LogP contribution < -0.4 is 10.2 Å². The lowest BCUT2D eigenvalue weighted by Gasteiger charge is -2.29. The van der Waals surface area contributed by atoms with E-state index in [2.05, 4.69) is 5.32 Å². The average Bonchev–Trinajstić information content (AvgIpc) is 2.98. The molecule has 0 saturated carbocycles. The smallest absolute Gasteiger partial charge is 0.270 e. The normalized spacial score (nSPS) is 15.5. The van der Waals surface area contributed by atoms with Crippen LogP contribution in [0.2, 0.25) is 0 Å². The number of halogens is 1. The molecule has 162 valence electrons. The number of aryl methyl sites for hydroxylation is 3. The first-order valence-corrected chi connectivity index (χ1v) is 10.5. The molecule has 2 aromatic carbocycles. The highest BCUT2D eigenvalue weighted by molar-refractivity contribution is 7.80. The van der Waals surface area contributed by atoms with E-state index in [1.165, 1.54) is 17.0 Å². The fraction of sp³-hybridized carbons (Fsp3) is 0.160. The van der Waals surface area contributed by atoms with Gasteiger partial charge in [0.05, 0.1) is 5.69 Å². The molecule has 0 unspecified atom stereocenters. The Kier molecular flexibility index (Phi) is 5.52. The first kappa shape index (κ1) is 21.6. The first-order valence-electron chi connectivity index (χ1n) is 10.1. The van der Waals surface area contributed by atoms with Crippen molar-refractivity contribution in [1.29, 1.82) is 0 Å². The van der Waals surface area contributed by atoms with Gasteiger partial charge < -0.3 is 4.57 Å². The minimum absolute atomic E-state index is 0.00267. The predicted molar refractivity (Wildman–Crippen MR) is 127 cm³/mol. The van der Waals surface area contributed by atoms with E-state index in [9.17, 15) is 14.0 Å². The van der Waals surface area contributed by atoms with E-state index >= 15 is 0 Å². The summed E-state index contributed by atoms with van der Waals surface area (Å²) in [5.41, 5.74) is 5.82. The second-order valence-electron chi connectivity index (χ2n) is 7.94. The van der Waals surface area contributed by atoms with Crippen molar-refractivity contribution >= 4 is 40.9 Å². The van der Waals surface area contributed by atoms with Gasteiger partial charge in [-0.3, -0.25) is 19.8 Å². The Morgan fingerprint density at radius 2 is 1.53 bits per heavy atom. The highest BCUT2D eigenvalue weighted by Gasteiger charge is 2.35. The lowest BCUT2D eigenvalue weighted by molar-refractivity contribution is -0.122. The quantitative estimate of drug-likeness (QED) is 0.360. The molecular formula is C25H22FN3O2S. The van der Waals surface area contributed by atoms with Gasteiger partial charge in [0.15, 0.2) is 5.11 Å². The molecule has 0 bridgehead atoms. The molecule has 0 atom stereocenters. The van der Waals surface area contributed by atoms with E-state index in [1.54, 1.807) is 18.2 Å². The van der Waals surface area contributed by atoms with Crippen LogP contribution in [-0.4, -0.2) is 21.5 Å². The molecular weight excluding hydrogens is 425 g/mol. The summed E-state index contributed by atoms with van der Waals surface area (Å²) in [5.74, 6) is -1.33. The van der Waals surface area contributed by atoms with Gasteiger partial charge in [0.1, 0.15) is 11.4 Å². The van der Waals surface area contributed by atoms with E-state index in [1.807, 2.05) is 56.5 Å². The molecule has 1 aromatic heterocycles. The Morgan fingerprint density at radius 1 is 0.906 bits per heavy atom. The summed E-state index contributed by atoms with van der Waals surface area (Å²) in [6, 6.07) is 13.8. The zero-order valence-corrected chi connectivity index (χ0v) is 19.0. The van der Waals surface area contributed by atoms with Crippen LogP contribution in [0.1, 0.15) is 28.1 Å². The van der Waals surface area contributed by atoms with Gasteiger partial charge in [-0.05, 0) is 105 Å². The SMILES string of the molecule is Cc1cc(C)cc(N2C(=O)/C(=C\c3cc(C)n(-c4ccc(F)cc4)c3C)C(=O)NC2=S)c1. The van der Waals surface area contributed by atoms with Crippen LogP contribution in [0, 0.1) is 33.5 Å². The monoisotopic (exact) mass is 447 g/mol. The van der Waals surface area contributed by atoms with Crippen LogP contribution in [0.5, 0.6) is 0 Å². The third kappa shape index (κ3) is 3.87. The minimum atomic E-state index is -0.535. The second-order valence-corrected chi connectivity index (χ2v) is 8.33. The summed E-state index contributed by atoms with van der Waals surface area (Å²) in [5, 5.41) is 2.68. The lowest BCUT2D eigenvalue weighted by atomic mass is 10.1. The first-order chi connectivity index (χ1) is 15.2. The topological polar surface area (TPSA) is 54.3 Å². The fourth-order valence-corrected chi connectivity index (χ4v) is 4.33. The number of carbonyl (C=O) groups excluding carboxylic acids is 2. The number of nitrogens with zero attached hydrogens (tertiary/aromatic N) is 2. The Bertz CT molecular complexity index is 1290. The van der Waals surface area contributed by atoms with Crippen molar-refractivity contribution in [3.8, 4) is 5.69 Å². The molecule has 3 aromatic rings. The predicted octanol–water partition coefficient (Wildman–Crippen LogP) is 4.68. The number of amides is 2. The van der Waals surface area contributed by atoms with Crippen LogP contribution in [-0.2, 0) is 9.59 Å². The summed E-state index contributed by atoms with van der Waals surface area (Å²) in [4.78, 5) is 27.4. The zero-order chi connectivity index (χ0) is 23.2. The standard InChI is InChI=1S/C25H22FN3O2S/c1-14-9-15(2)11-21(10-14)29-24(31)22(23(30)27-25(29)32)13-18-12-16(3)28(17(18)4)20-7-5-19(26)6-8-20/h5-13H,1-4H3,(H,27,30,32)/b22-13-. The number of hydrogen-bond donors (Lipinski definition) is 1. The van der Waals surface area contributed by atoms with Crippen molar-refractivity contribution in [3.63, 3.8) is 0 Å². The lowest BCUT2D eigenvalue weighted by Crippen LogP contribution is -2.54. The summed E-state index contributed by atoms with van der Waals surface area (Å²) >= 11 is 5.30. The summed E-state index contributed by atoms with van der Waals surface area (Å²) in [6.45, 7) is 7.68. The van der Waals surface area contributed by atoms with E-state index in [-0.39, 0.29) is 16.5 Å². The van der Waals surface area contributed by atoms with Gasteiger partial charge in [-0.15, -0.1) is 0 Å². The maximum absolute atomic E-state index is 13.3. The van der Waals surface area contributed by atoms with Crippen LogP contribution in [0.4, 0.5) is 10.1 Å². The zero-order valence-electron chi connectivity index (χ0n) is 18.2. The van der Waals surface area contributed by atoms with Crippen molar-refractivity contribution in [2.45, 2.75) is 27.7 Å². The van der Waals surface area contributed by atoms with Gasteiger partial charge in [0, 0.05) is 17.1 Å². The molecule has 0 aliphatic carbocycles. The minimum Gasteiger partial charge on any atom is -0.318 e. The molecule has 1 N–H and O–H groups in total. The number of benzene rings is 2. The maximum Gasteiger partial charge on any atom is 0.270 e. The van der Waals surface area contributed by atoms with E-state index in [0.29, 0.717) is 5.69 Å². The molecule has 4 rings (SSSR count). The van der Waals surface area contributed by atoms with Crippen molar-refractivity contribution in [1.82, 2.24) is 9.88 Å². The molecule has 0 radical (unpaired) electrons. The van der Waals surface area contributed by atoms with Crippen molar-refractivity contribution in [2.75, 3.05) is 4.90 Å². The number of hydrogen-bond acceptors (Lipinski definition) is 3. The van der Waals surface area contributed by atoms with Gasteiger partial charge in [0.25, 0.3) is 11.8 Å². The fourth-order valence-electron chi connectivity index (χ4n) is 4.05. The third-order valence-corrected chi connectivity index (χ3v) is 5.71. The molecule has 7 heteroatoms. The van der Waals surface area contributed by atoms with Gasteiger partial charge in [-0.2, -0.15) is 0 Å². The van der Waals surface area contributed by atoms with E-state index in [4.69, 9.17) is 12.2 Å². The van der Waals surface area contributed by atoms with Gasteiger partial charge in [-0.25, -0.2) is 4.39 Å². The Labute approximate surface area is 191 Å². The van der Waals surface area contributed by atoms with Gasteiger partial charge in [-0.1, -0.05) is 6.07 Å². The number of rotatable bonds is 3. The van der Waals surface area contributed by atoms with Crippen LogP contribution in [0.25, 0.3) is 11.8 Å². The molecule has 0 spiro atoms. The van der Waals surface area contributed by atoms with E-state index in [0.717, 1.165) is 33.8 Å². The Balaban J connectivity index is 1.77. The molecule has 1 aliphatic heterocycles. The van der Waals surface area contributed by atoms with Gasteiger partial charge in [0.2, 0.25) is 0 Å². The molecule has 1 fully saturated rings. The molecule has 1 aliphatic rings. The number of anilines is 1. The Morgan fingerprint density at radius 3 is 2.16 bits per heavy atom. The van der Waals surface area contributed by atoms with Crippen LogP contribution in [0.15, 0.2) is 54.1 Å². The van der Waals surface area contributed by atoms with Crippen LogP contribution >= 0.6 is 12.2 Å². The Hall–Kier alpha value is -3.58. The summed E-state index contributed by atoms with van der Waals surface area (Å²) in [6.07, 6.45) is 1.58. The number of thiocarbonyl (C=S) groups is 1. The third-order valence-electron chi connectivity index (χ3n) is 5.42. The highest BCUT2D eigenvalue weighted by atomic mass is 32.1. The largest absolute Gasteiger partial charge is 0.318 e. The molecule has 2 heterocycles. The molecule has 2 amide bonds. The summed E-state index contributed by atoms with van der Waals surface area (Å²) in [7, 11) is 0. The average molecular weight is 448 g/mol.